The molecule has 0 saturated heterocycles. The zero-order valence-electron chi connectivity index (χ0n) is 35.1. The van der Waals surface area contributed by atoms with Crippen molar-refractivity contribution in [2.45, 2.75) is 31.1 Å². The van der Waals surface area contributed by atoms with Gasteiger partial charge >= 0.3 is 0 Å². The van der Waals surface area contributed by atoms with E-state index in [1.54, 1.807) is 107 Å². The van der Waals surface area contributed by atoms with Gasteiger partial charge < -0.3 is 0 Å². The first kappa shape index (κ1) is 91.2. The van der Waals surface area contributed by atoms with E-state index >= 15 is 0 Å². The van der Waals surface area contributed by atoms with E-state index in [1.165, 1.54) is 48.2 Å². The van der Waals surface area contributed by atoms with Crippen molar-refractivity contribution in [3.63, 3.8) is 0 Å². The molecule has 1 saturated carbocycles. The molecule has 0 radical (unpaired) electrons. The Kier molecular flexibility index (Phi) is 86.4. The molecule has 1 aromatic rings. The van der Waals surface area contributed by atoms with Gasteiger partial charge in [0.2, 0.25) is 0 Å². The Balaban J connectivity index is 0.00000135. The minimum absolute atomic E-state index is 0.738. The standard InChI is InChI=1S/C12H11BrO.S67/c13-12-5-11-8-2-1-7(3-8)10(11)4-9(12)6-14;1-3-5-7-9-11-13-15-17-19-21-23-25-27-29-31-33-35-37-39-41-43-45-47-49-51-53-55-57-59-61-63-65-67-66-64-62-60-58-56-54-52-50-48-46-44-42-40-38-36-34-32-30-28-26-24-22-20-18-16-14-12-10-8-6-4-2/h4-8H,1-3H2;. The number of carbonyl (C=O) groups is 1. The fourth-order valence-corrected chi connectivity index (χ4v) is 177. The quantitative estimate of drug-likeness (QED) is 0.402. The number of benzene rings is 1. The Bertz CT molecular complexity index is 5430. The normalized spacial score (nSPS) is 11.3. The van der Waals surface area contributed by atoms with Crippen LogP contribution in [0, 0.1) is 0 Å². The summed E-state index contributed by atoms with van der Waals surface area (Å²) >= 11 is 13.1. The molecule has 2 aliphatic carbocycles. The van der Waals surface area contributed by atoms with Gasteiger partial charge in [0.05, 0.1) is 0 Å². The molecule has 2 aliphatic rings. The summed E-state index contributed by atoms with van der Waals surface area (Å²) in [7, 11) is 117. The molecule has 0 heterocycles. The van der Waals surface area contributed by atoms with Gasteiger partial charge in [-0.3, -0.25) is 4.79 Å². The maximum absolute atomic E-state index is 10.8. The van der Waals surface area contributed by atoms with E-state index in [9.17, 15) is 4.79 Å². The molecule has 0 amide bonds. The number of carbonyl (C=O) groups excluding carboxylic acids is 1. The predicted octanol–water partition coefficient (Wildman–Crippen LogP) is 3.47. The monoisotopic (exact) mass is 2390 g/mol. The molecule has 1 aromatic carbocycles. The molecule has 474 valence electrons. The van der Waals surface area contributed by atoms with Crippen LogP contribution in [-0.4, -0.2) is 6.29 Å². The highest BCUT2D eigenvalue weighted by Gasteiger charge is 2.37. The van der Waals surface area contributed by atoms with Crippen molar-refractivity contribution in [2.24, 2.45) is 0 Å². The van der Waals surface area contributed by atoms with E-state index in [4.69, 9.17) is 22.4 Å². The number of hydrogen-bond donors (Lipinski definition) is 0. The SMILES string of the molecule is O=Cc1cc2c(cc1Br)C1CCC2C1.S=S=S=S=S=S=S=S=S=S=S=S=S=S=S=S=S=S=S=S=S=S=S=S=S=S=S=S=S=S=S=S=S=S=S=S=S=S=S=S=S=S=S=S=S=S=S=S=S=S=S=S=S=S=S=S=S=S=S=S=S=S=S=S=S=S=S. The Morgan fingerprint density at radius 2 is 0.420 bits per heavy atom. The lowest BCUT2D eigenvalue weighted by atomic mass is 9.91. The van der Waals surface area contributed by atoms with E-state index in [1.807, 2.05) is 453 Å². The molecule has 81 heavy (non-hydrogen) atoms. The van der Waals surface area contributed by atoms with E-state index in [0.29, 0.717) is 0 Å². The number of halogens is 1. The van der Waals surface area contributed by atoms with Crippen LogP contribution >= 0.6 is 15.9 Å². The van der Waals surface area contributed by atoms with Crippen molar-refractivity contribution < 1.29 is 4.79 Å². The third kappa shape index (κ3) is 62.4. The summed E-state index contributed by atoms with van der Waals surface area (Å²) in [5.41, 5.74) is 3.72. The molecule has 0 aliphatic heterocycles. The molecule has 1 nitrogen and oxygen atoms in total. The van der Waals surface area contributed by atoms with Gasteiger partial charge in [-0.05, 0) is 54.4 Å². The molecule has 0 N–H and O–H groups in total. The lowest BCUT2D eigenvalue weighted by Crippen LogP contribution is -1.99. The van der Waals surface area contributed by atoms with Crippen LogP contribution in [0.25, 0.3) is 0 Å². The van der Waals surface area contributed by atoms with Gasteiger partial charge in [0.1, 0.15) is 0 Å². The third-order valence-corrected chi connectivity index (χ3v) is 148. The van der Waals surface area contributed by atoms with Crippen molar-refractivity contribution in [3.05, 3.63) is 33.3 Å². The van der Waals surface area contributed by atoms with Gasteiger partial charge in [0.25, 0.3) is 0 Å². The van der Waals surface area contributed by atoms with Gasteiger partial charge in [-0.25, -0.2) is 0 Å². The Morgan fingerprint density at radius 1 is 0.272 bits per heavy atom. The number of rotatable bonds is 1. The second-order valence-electron chi connectivity index (χ2n) is 8.75. The highest BCUT2D eigenvalue weighted by atomic mass is 79.9. The van der Waals surface area contributed by atoms with Gasteiger partial charge in [-0.1, -0.05) is 15.9 Å². The van der Waals surface area contributed by atoms with Crippen LogP contribution in [0.2, 0.25) is 0 Å². The summed E-state index contributed by atoms with van der Waals surface area (Å²) in [5.74, 6) is 1.51. The van der Waals surface area contributed by atoms with Crippen LogP contribution < -0.4 is 0 Å². The predicted molar refractivity (Wildman–Crippen MR) is 552 cm³/mol. The molecule has 0 aromatic heterocycles. The third-order valence-electron chi connectivity index (χ3n) is 5.42. The van der Waals surface area contributed by atoms with Crippen molar-refractivity contribution >= 4 is 622 Å². The molecule has 2 bridgehead atoms. The highest BCUT2D eigenvalue weighted by Crippen LogP contribution is 2.53. The first-order chi connectivity index (χ1) is 40.2. The van der Waals surface area contributed by atoms with Crippen LogP contribution in [0.3, 0.4) is 0 Å². The summed E-state index contributed by atoms with van der Waals surface area (Å²) in [5, 5.41) is 0. The Labute approximate surface area is 671 Å². The fourth-order valence-electron chi connectivity index (χ4n) is 3.68. The van der Waals surface area contributed by atoms with Crippen LogP contribution in [0.1, 0.15) is 52.6 Å². The van der Waals surface area contributed by atoms with Crippen LogP contribution in [0.5, 0.6) is 0 Å². The van der Waals surface area contributed by atoms with E-state index in [2.05, 4.69) is 28.1 Å². The molecular formula is C12H11BrOS67. The Morgan fingerprint density at radius 3 is 0.568 bits per heavy atom. The molecule has 69 heteroatoms. The molecular weight excluding hydrogens is 2390 g/mol. The average molecular weight is 2400 g/mol. The highest BCUT2D eigenvalue weighted by molar-refractivity contribution is 9.10. The van der Waals surface area contributed by atoms with Crippen molar-refractivity contribution in [1.82, 2.24) is 0 Å². The second-order valence-corrected chi connectivity index (χ2v) is 125. The molecule has 3 rings (SSSR count). The first-order valence-electron chi connectivity index (χ1n) is 16.1. The van der Waals surface area contributed by atoms with E-state index < -0.39 is 0 Å². The van der Waals surface area contributed by atoms with Gasteiger partial charge in [-0.2, -0.15) is 0 Å². The van der Waals surface area contributed by atoms with Crippen LogP contribution in [0.4, 0.5) is 0 Å². The molecule has 1 fully saturated rings. The number of fused-ring (bicyclic) bond motifs is 5. The summed E-state index contributed by atoms with van der Waals surface area (Å²) in [6.45, 7) is 0. The lowest BCUT2D eigenvalue weighted by Gasteiger charge is -2.15. The van der Waals surface area contributed by atoms with Crippen molar-refractivity contribution in [2.75, 3.05) is 0 Å². The zero-order chi connectivity index (χ0) is 57.7. The largest absolute Gasteiger partial charge is 0.298 e. The Hall–Kier alpha value is 14.1. The lowest BCUT2D eigenvalue weighted by molar-refractivity contribution is 0.112. The maximum Gasteiger partial charge on any atom is 0.151 e. The van der Waals surface area contributed by atoms with Crippen LogP contribution in [-0.2, 0) is 600 Å². The molecule has 0 spiro atoms. The van der Waals surface area contributed by atoms with Crippen molar-refractivity contribution in [1.29, 1.82) is 0 Å². The topological polar surface area (TPSA) is 17.1 Å². The second kappa shape index (κ2) is 76.7. The van der Waals surface area contributed by atoms with Gasteiger partial charge in [-0.15, -0.1) is 0 Å². The first-order valence-corrected chi connectivity index (χ1v) is 105. The smallest absolute Gasteiger partial charge is 0.151 e. The zero-order valence-corrected chi connectivity index (χ0v) is 91.4. The van der Waals surface area contributed by atoms with Gasteiger partial charge in [0.15, 0.2) is 6.29 Å². The summed E-state index contributed by atoms with van der Waals surface area (Å²) in [6.07, 6.45) is 4.91. The summed E-state index contributed by atoms with van der Waals surface area (Å²) in [4.78, 5) is 10.8. The molecule has 2 unspecified atom stereocenters. The van der Waals surface area contributed by atoms with Crippen LogP contribution in [0.15, 0.2) is 16.6 Å². The van der Waals surface area contributed by atoms with Gasteiger partial charge in [0, 0.05) is 610 Å². The fraction of sp³-hybridized carbons (Fsp3) is 0.417. The molecule has 2 atom stereocenters. The number of aldehydes is 1. The average Bonchev–Trinajstić information content (AvgIpc) is 3.83. The number of hydrogen-bond acceptors (Lipinski definition) is 3. The maximum atomic E-state index is 10.8. The minimum atomic E-state index is 0.738. The van der Waals surface area contributed by atoms with Crippen molar-refractivity contribution in [3.8, 4) is 0 Å². The summed E-state index contributed by atoms with van der Waals surface area (Å²) in [6, 6.07) is 4.24. The van der Waals surface area contributed by atoms with E-state index in [0.717, 1.165) is 28.2 Å². The van der Waals surface area contributed by atoms with E-state index in [-0.39, 0.29) is 0 Å². The minimum Gasteiger partial charge on any atom is -0.298 e. The summed E-state index contributed by atoms with van der Waals surface area (Å²) < 4.78 is 0.957.